The second-order valence-corrected chi connectivity index (χ2v) is 9.11. The predicted molar refractivity (Wildman–Crippen MR) is 132 cm³/mol. The minimum atomic E-state index is -0.120. The van der Waals surface area contributed by atoms with Gasteiger partial charge in [0.05, 0.1) is 17.6 Å². The van der Waals surface area contributed by atoms with Crippen LogP contribution in [0.2, 0.25) is 0 Å². The Kier molecular flexibility index (Phi) is 4.19. The lowest BCUT2D eigenvalue weighted by Gasteiger charge is -2.28. The number of nitrogens with zero attached hydrogens (tertiary/aromatic N) is 4. The lowest BCUT2D eigenvalue weighted by molar-refractivity contribution is 0.414. The smallest absolute Gasteiger partial charge is 0.228 e. The quantitative estimate of drug-likeness (QED) is 0.308. The fourth-order valence-electron chi connectivity index (χ4n) is 4.70. The van der Waals surface area contributed by atoms with E-state index in [1.807, 2.05) is 41.8 Å². The highest BCUT2D eigenvalue weighted by atomic mass is 32.1. The Labute approximate surface area is 199 Å². The van der Waals surface area contributed by atoms with Crippen molar-refractivity contribution < 1.29 is 9.47 Å². The summed E-state index contributed by atoms with van der Waals surface area (Å²) >= 11 is 1.62. The first-order chi connectivity index (χ1) is 16.8. The van der Waals surface area contributed by atoms with Gasteiger partial charge in [-0.3, -0.25) is 0 Å². The Morgan fingerprint density at radius 3 is 2.68 bits per heavy atom. The largest absolute Gasteiger partial charge is 0.497 e. The molecule has 6 aromatic rings. The van der Waals surface area contributed by atoms with E-state index in [-0.39, 0.29) is 5.92 Å². The van der Waals surface area contributed by atoms with Gasteiger partial charge in [-0.25, -0.2) is 14.5 Å². The van der Waals surface area contributed by atoms with Crippen molar-refractivity contribution in [3.8, 4) is 28.1 Å². The summed E-state index contributed by atoms with van der Waals surface area (Å²) in [7, 11) is 1.68. The van der Waals surface area contributed by atoms with Gasteiger partial charge in [-0.1, -0.05) is 54.6 Å². The first kappa shape index (κ1) is 19.3. The molecule has 0 saturated carbocycles. The minimum Gasteiger partial charge on any atom is -0.497 e. The van der Waals surface area contributed by atoms with Crippen LogP contribution in [0.4, 0.5) is 0 Å². The summed E-state index contributed by atoms with van der Waals surface area (Å²) < 4.78 is 13.6. The van der Waals surface area contributed by atoms with Gasteiger partial charge in [0.2, 0.25) is 5.88 Å². The maximum atomic E-state index is 6.48. The Morgan fingerprint density at radius 2 is 1.85 bits per heavy atom. The molecule has 34 heavy (non-hydrogen) atoms. The summed E-state index contributed by atoms with van der Waals surface area (Å²) in [5.74, 6) is 2.77. The van der Waals surface area contributed by atoms with Crippen molar-refractivity contribution in [1.82, 2.24) is 19.6 Å². The number of aromatic nitrogens is 4. The van der Waals surface area contributed by atoms with Crippen LogP contribution in [0.25, 0.3) is 27.1 Å². The molecule has 3 aromatic heterocycles. The van der Waals surface area contributed by atoms with Gasteiger partial charge in [-0.15, -0.1) is 16.4 Å². The molecule has 6 nitrogen and oxygen atoms in total. The third-order valence-corrected chi connectivity index (χ3v) is 7.15. The van der Waals surface area contributed by atoms with Gasteiger partial charge in [-0.05, 0) is 34.5 Å². The molecule has 164 valence electrons. The fraction of sp³-hybridized carbons (Fsp3) is 0.0741. The average Bonchev–Trinajstić information content (AvgIpc) is 3.57. The summed E-state index contributed by atoms with van der Waals surface area (Å²) in [6, 6.07) is 24.7. The molecule has 0 amide bonds. The third-order valence-electron chi connectivity index (χ3n) is 6.29. The number of benzene rings is 3. The number of fused-ring (bicyclic) bond motifs is 6. The lowest BCUT2D eigenvalue weighted by Crippen LogP contribution is -2.15. The third kappa shape index (κ3) is 2.84. The number of hydrogen-bond donors (Lipinski definition) is 0. The van der Waals surface area contributed by atoms with Gasteiger partial charge in [0.15, 0.2) is 11.5 Å². The standard InChI is InChI=1S/C27H18N4O2S/c1-32-18-11-8-17(9-12-18)22-20-13-10-16-5-2-3-6-19(16)24(20)33-27-23(22)26-29-25(21-7-4-14-34-21)30-31(26)15-28-27/h2-15,22H,1H3. The summed E-state index contributed by atoms with van der Waals surface area (Å²) in [4.78, 5) is 10.6. The summed E-state index contributed by atoms with van der Waals surface area (Å²) in [6.07, 6.45) is 1.68. The number of hydrogen-bond acceptors (Lipinski definition) is 6. The van der Waals surface area contributed by atoms with Crippen molar-refractivity contribution in [2.45, 2.75) is 5.92 Å². The van der Waals surface area contributed by atoms with Gasteiger partial charge in [0.25, 0.3) is 0 Å². The molecule has 0 aliphatic carbocycles. The van der Waals surface area contributed by atoms with Crippen LogP contribution in [0.3, 0.4) is 0 Å². The van der Waals surface area contributed by atoms with Crippen LogP contribution in [0.5, 0.6) is 17.4 Å². The zero-order valence-corrected chi connectivity index (χ0v) is 19.0. The monoisotopic (exact) mass is 462 g/mol. The molecule has 0 fully saturated rings. The molecular weight excluding hydrogens is 444 g/mol. The van der Waals surface area contributed by atoms with Crippen LogP contribution in [0.15, 0.2) is 84.5 Å². The normalized spacial score (nSPS) is 14.6. The molecule has 1 aliphatic rings. The van der Waals surface area contributed by atoms with Crippen LogP contribution < -0.4 is 9.47 Å². The molecule has 4 heterocycles. The molecule has 7 rings (SSSR count). The Balaban J connectivity index is 1.52. The van der Waals surface area contributed by atoms with Gasteiger partial charge in [-0.2, -0.15) is 0 Å². The first-order valence-electron chi connectivity index (χ1n) is 10.9. The van der Waals surface area contributed by atoms with Crippen LogP contribution >= 0.6 is 11.3 Å². The topological polar surface area (TPSA) is 61.5 Å². The molecule has 0 radical (unpaired) electrons. The Morgan fingerprint density at radius 1 is 0.971 bits per heavy atom. The van der Waals surface area contributed by atoms with Crippen molar-refractivity contribution in [2.24, 2.45) is 0 Å². The van der Waals surface area contributed by atoms with Crippen molar-refractivity contribution in [3.63, 3.8) is 0 Å². The molecule has 3 aromatic carbocycles. The van der Waals surface area contributed by atoms with E-state index in [4.69, 9.17) is 19.6 Å². The minimum absolute atomic E-state index is 0.120. The van der Waals surface area contributed by atoms with E-state index in [9.17, 15) is 0 Å². The first-order valence-corrected chi connectivity index (χ1v) is 11.8. The molecule has 0 saturated heterocycles. The summed E-state index contributed by atoms with van der Waals surface area (Å²) in [6.45, 7) is 0. The lowest BCUT2D eigenvalue weighted by atomic mass is 9.83. The van der Waals surface area contributed by atoms with Crippen LogP contribution in [0, 0.1) is 0 Å². The van der Waals surface area contributed by atoms with Gasteiger partial charge < -0.3 is 9.47 Å². The second-order valence-electron chi connectivity index (χ2n) is 8.16. The maximum absolute atomic E-state index is 6.48. The fourth-order valence-corrected chi connectivity index (χ4v) is 5.35. The van der Waals surface area contributed by atoms with E-state index in [1.54, 1.807) is 29.3 Å². The number of rotatable bonds is 3. The SMILES string of the molecule is COc1ccc(C2c3ccc4ccccc4c3Oc3ncn4nc(-c5cccs5)nc4c32)cc1. The molecule has 1 unspecified atom stereocenters. The summed E-state index contributed by atoms with van der Waals surface area (Å²) in [5.41, 5.74) is 3.84. The molecule has 1 atom stereocenters. The summed E-state index contributed by atoms with van der Waals surface area (Å²) in [5, 5.41) is 8.92. The van der Waals surface area contributed by atoms with Crippen molar-refractivity contribution >= 4 is 27.8 Å². The van der Waals surface area contributed by atoms with Gasteiger partial charge >= 0.3 is 0 Å². The van der Waals surface area contributed by atoms with E-state index < -0.39 is 0 Å². The van der Waals surface area contributed by atoms with E-state index >= 15 is 0 Å². The molecule has 0 spiro atoms. The highest BCUT2D eigenvalue weighted by Crippen LogP contribution is 2.50. The number of thiophene rings is 1. The highest BCUT2D eigenvalue weighted by Gasteiger charge is 2.34. The number of methoxy groups -OCH3 is 1. The second kappa shape index (κ2) is 7.40. The molecule has 0 N–H and O–H groups in total. The predicted octanol–water partition coefficient (Wildman–Crippen LogP) is 6.30. The zero-order valence-electron chi connectivity index (χ0n) is 18.2. The Bertz CT molecular complexity index is 1670. The molecular formula is C27H18N4O2S. The number of ether oxygens (including phenoxy) is 2. The molecule has 1 aliphatic heterocycles. The van der Waals surface area contributed by atoms with E-state index in [0.717, 1.165) is 49.5 Å². The molecule has 0 bridgehead atoms. The van der Waals surface area contributed by atoms with E-state index in [2.05, 4.69) is 41.4 Å². The highest BCUT2D eigenvalue weighted by molar-refractivity contribution is 7.13. The maximum Gasteiger partial charge on any atom is 0.228 e. The van der Waals surface area contributed by atoms with Gasteiger partial charge in [0.1, 0.15) is 17.8 Å². The van der Waals surface area contributed by atoms with Crippen LogP contribution in [-0.2, 0) is 0 Å². The van der Waals surface area contributed by atoms with Crippen LogP contribution in [0.1, 0.15) is 22.6 Å². The van der Waals surface area contributed by atoms with E-state index in [0.29, 0.717) is 11.7 Å². The van der Waals surface area contributed by atoms with Gasteiger partial charge in [0, 0.05) is 16.9 Å². The molecule has 7 heteroatoms. The van der Waals surface area contributed by atoms with Crippen molar-refractivity contribution in [1.29, 1.82) is 0 Å². The van der Waals surface area contributed by atoms with Crippen molar-refractivity contribution in [3.05, 3.63) is 101 Å². The zero-order chi connectivity index (χ0) is 22.6. The van der Waals surface area contributed by atoms with E-state index in [1.165, 1.54) is 0 Å². The Hall–Kier alpha value is -4.23. The van der Waals surface area contributed by atoms with Crippen molar-refractivity contribution in [2.75, 3.05) is 7.11 Å². The van der Waals surface area contributed by atoms with Crippen LogP contribution in [-0.4, -0.2) is 26.7 Å². The average molecular weight is 463 g/mol.